The monoisotopic (exact) mass is 397 g/mol. The first-order valence-electron chi connectivity index (χ1n) is 10.4. The number of piperazine rings is 1. The van der Waals surface area contributed by atoms with E-state index in [-0.39, 0.29) is 11.7 Å². The minimum Gasteiger partial charge on any atom is -0.378 e. The number of carbonyl (C=O) groups is 1. The number of amides is 1. The lowest BCUT2D eigenvalue weighted by molar-refractivity contribution is -0.131. The Morgan fingerprint density at radius 1 is 0.862 bits per heavy atom. The Bertz CT molecular complexity index is 813. The maximum atomic E-state index is 14.0. The van der Waals surface area contributed by atoms with Gasteiger partial charge in [0, 0.05) is 51.4 Å². The van der Waals surface area contributed by atoms with Gasteiger partial charge in [-0.05, 0) is 36.2 Å². The van der Waals surface area contributed by atoms with Crippen molar-refractivity contribution in [3.05, 3.63) is 59.9 Å². The molecule has 0 atom stereocenters. The Balaban J connectivity index is 1.24. The van der Waals surface area contributed by atoms with Crippen molar-refractivity contribution in [3.8, 4) is 0 Å². The van der Waals surface area contributed by atoms with Gasteiger partial charge >= 0.3 is 0 Å². The Hall–Kier alpha value is -2.60. The van der Waals surface area contributed by atoms with Crippen LogP contribution in [0.5, 0.6) is 0 Å². The van der Waals surface area contributed by atoms with Gasteiger partial charge in [-0.3, -0.25) is 4.79 Å². The third kappa shape index (κ3) is 4.88. The van der Waals surface area contributed by atoms with E-state index in [0.29, 0.717) is 38.3 Å². The molecule has 1 amide bonds. The summed E-state index contributed by atoms with van der Waals surface area (Å²) in [6, 6.07) is 15.3. The second-order valence-electron chi connectivity index (χ2n) is 7.59. The molecular weight excluding hydrogens is 369 g/mol. The molecule has 2 saturated heterocycles. The summed E-state index contributed by atoms with van der Waals surface area (Å²) in [5.41, 5.74) is 3.02. The molecule has 154 valence electrons. The molecular formula is C23H28FN3O2. The van der Waals surface area contributed by atoms with Crippen molar-refractivity contribution in [2.75, 3.05) is 62.3 Å². The van der Waals surface area contributed by atoms with Gasteiger partial charge in [-0.25, -0.2) is 4.39 Å². The average molecular weight is 397 g/mol. The predicted molar refractivity (Wildman–Crippen MR) is 113 cm³/mol. The van der Waals surface area contributed by atoms with Gasteiger partial charge in [-0.15, -0.1) is 0 Å². The molecule has 2 aromatic carbocycles. The first-order chi connectivity index (χ1) is 14.2. The molecule has 6 heteroatoms. The Morgan fingerprint density at radius 3 is 2.24 bits per heavy atom. The Kier molecular flexibility index (Phi) is 6.30. The number of anilines is 2. The van der Waals surface area contributed by atoms with Crippen LogP contribution >= 0.6 is 0 Å². The summed E-state index contributed by atoms with van der Waals surface area (Å²) in [6.07, 6.45) is 1.26. The number of carbonyl (C=O) groups excluding carboxylic acids is 1. The van der Waals surface area contributed by atoms with Crippen LogP contribution in [-0.4, -0.2) is 63.3 Å². The zero-order chi connectivity index (χ0) is 20.1. The van der Waals surface area contributed by atoms with E-state index in [2.05, 4.69) is 29.2 Å². The van der Waals surface area contributed by atoms with Crippen LogP contribution in [0.1, 0.15) is 12.0 Å². The number of halogens is 1. The van der Waals surface area contributed by atoms with Crippen LogP contribution in [0.3, 0.4) is 0 Å². The van der Waals surface area contributed by atoms with Crippen LogP contribution < -0.4 is 9.80 Å². The van der Waals surface area contributed by atoms with Crippen LogP contribution in [0.2, 0.25) is 0 Å². The van der Waals surface area contributed by atoms with E-state index in [0.717, 1.165) is 32.7 Å². The summed E-state index contributed by atoms with van der Waals surface area (Å²) in [6.45, 7) is 6.03. The Morgan fingerprint density at radius 2 is 1.55 bits per heavy atom. The summed E-state index contributed by atoms with van der Waals surface area (Å²) >= 11 is 0. The average Bonchev–Trinajstić information content (AvgIpc) is 2.79. The third-order valence-electron chi connectivity index (χ3n) is 5.77. The smallest absolute Gasteiger partial charge is 0.223 e. The lowest BCUT2D eigenvalue weighted by atomic mass is 10.1. The molecule has 0 aromatic heterocycles. The molecule has 2 aliphatic heterocycles. The molecule has 0 N–H and O–H groups in total. The second kappa shape index (κ2) is 9.27. The van der Waals surface area contributed by atoms with Gasteiger partial charge < -0.3 is 19.4 Å². The molecule has 2 aromatic rings. The zero-order valence-corrected chi connectivity index (χ0v) is 16.7. The molecule has 0 saturated carbocycles. The fraction of sp³-hybridized carbons (Fsp3) is 0.435. The molecule has 0 aliphatic carbocycles. The Labute approximate surface area is 171 Å². The maximum Gasteiger partial charge on any atom is 0.223 e. The van der Waals surface area contributed by atoms with Crippen molar-refractivity contribution in [3.63, 3.8) is 0 Å². The lowest BCUT2D eigenvalue weighted by Gasteiger charge is -2.36. The number of morpholine rings is 1. The van der Waals surface area contributed by atoms with Crippen LogP contribution in [0.25, 0.3) is 0 Å². The van der Waals surface area contributed by atoms with Gasteiger partial charge in [0.15, 0.2) is 0 Å². The maximum absolute atomic E-state index is 14.0. The van der Waals surface area contributed by atoms with Gasteiger partial charge in [0.2, 0.25) is 5.91 Å². The molecule has 29 heavy (non-hydrogen) atoms. The van der Waals surface area contributed by atoms with E-state index in [4.69, 9.17) is 4.74 Å². The summed E-state index contributed by atoms with van der Waals surface area (Å²) in [5.74, 6) is -0.0248. The number of nitrogens with zero attached hydrogens (tertiary/aromatic N) is 3. The first kappa shape index (κ1) is 19.7. The van der Waals surface area contributed by atoms with Gasteiger partial charge in [0.05, 0.1) is 18.9 Å². The van der Waals surface area contributed by atoms with Crippen LogP contribution in [0, 0.1) is 5.82 Å². The third-order valence-corrected chi connectivity index (χ3v) is 5.77. The fourth-order valence-electron chi connectivity index (χ4n) is 4.01. The van der Waals surface area contributed by atoms with Crippen molar-refractivity contribution in [2.24, 2.45) is 0 Å². The van der Waals surface area contributed by atoms with Crippen molar-refractivity contribution in [2.45, 2.75) is 12.8 Å². The highest BCUT2D eigenvalue weighted by molar-refractivity contribution is 5.77. The van der Waals surface area contributed by atoms with Crippen molar-refractivity contribution in [1.82, 2.24) is 4.90 Å². The quantitative estimate of drug-likeness (QED) is 0.777. The van der Waals surface area contributed by atoms with Crippen LogP contribution in [0.15, 0.2) is 48.5 Å². The topological polar surface area (TPSA) is 36.0 Å². The number of para-hydroxylation sites is 1. The number of rotatable bonds is 5. The first-order valence-corrected chi connectivity index (χ1v) is 10.4. The van der Waals surface area contributed by atoms with Gasteiger partial charge in [0.1, 0.15) is 5.82 Å². The number of benzene rings is 2. The number of hydrogen-bond donors (Lipinski definition) is 0. The minimum absolute atomic E-state index is 0.176. The molecule has 2 heterocycles. The highest BCUT2D eigenvalue weighted by Gasteiger charge is 2.22. The highest BCUT2D eigenvalue weighted by atomic mass is 19.1. The molecule has 2 fully saturated rings. The van der Waals surface area contributed by atoms with Crippen molar-refractivity contribution >= 4 is 17.3 Å². The number of aryl methyl sites for hydroxylation is 1. The molecule has 0 unspecified atom stereocenters. The van der Waals surface area contributed by atoms with Crippen molar-refractivity contribution < 1.29 is 13.9 Å². The van der Waals surface area contributed by atoms with E-state index >= 15 is 0 Å². The van der Waals surface area contributed by atoms with E-state index in [1.807, 2.05) is 15.9 Å². The minimum atomic E-state index is -0.201. The van der Waals surface area contributed by atoms with Crippen LogP contribution in [-0.2, 0) is 16.0 Å². The van der Waals surface area contributed by atoms with E-state index < -0.39 is 0 Å². The molecule has 4 rings (SSSR count). The summed E-state index contributed by atoms with van der Waals surface area (Å²) < 4.78 is 19.4. The lowest BCUT2D eigenvalue weighted by Crippen LogP contribution is -2.49. The van der Waals surface area contributed by atoms with E-state index in [1.54, 1.807) is 12.1 Å². The summed E-state index contributed by atoms with van der Waals surface area (Å²) in [4.78, 5) is 18.9. The number of hydrogen-bond acceptors (Lipinski definition) is 4. The zero-order valence-electron chi connectivity index (χ0n) is 16.7. The fourth-order valence-corrected chi connectivity index (χ4v) is 4.01. The second-order valence-corrected chi connectivity index (χ2v) is 7.59. The highest BCUT2D eigenvalue weighted by Crippen LogP contribution is 2.21. The van der Waals surface area contributed by atoms with Gasteiger partial charge in [-0.2, -0.15) is 0 Å². The SMILES string of the molecule is O=C(CCc1ccc(N2CCOCC2)cc1)N1CCN(c2ccccc2F)CC1. The van der Waals surface area contributed by atoms with Gasteiger partial charge in [-0.1, -0.05) is 24.3 Å². The predicted octanol–water partition coefficient (Wildman–Crippen LogP) is 2.94. The molecule has 2 aliphatic rings. The standard InChI is InChI=1S/C23H28FN3O2/c24-21-3-1-2-4-22(21)26-11-13-27(14-12-26)23(28)10-7-19-5-8-20(9-6-19)25-15-17-29-18-16-25/h1-6,8-9H,7,10-18H2. The summed E-state index contributed by atoms with van der Waals surface area (Å²) in [5, 5.41) is 0. The molecule has 0 radical (unpaired) electrons. The molecule has 0 spiro atoms. The largest absolute Gasteiger partial charge is 0.378 e. The van der Waals surface area contributed by atoms with Crippen LogP contribution in [0.4, 0.5) is 15.8 Å². The van der Waals surface area contributed by atoms with Gasteiger partial charge in [0.25, 0.3) is 0 Å². The normalized spacial score (nSPS) is 17.5. The molecule has 5 nitrogen and oxygen atoms in total. The molecule has 0 bridgehead atoms. The van der Waals surface area contributed by atoms with E-state index in [9.17, 15) is 9.18 Å². The van der Waals surface area contributed by atoms with Crippen molar-refractivity contribution in [1.29, 1.82) is 0 Å². The summed E-state index contributed by atoms with van der Waals surface area (Å²) in [7, 11) is 0. The van der Waals surface area contributed by atoms with E-state index in [1.165, 1.54) is 17.3 Å². The number of ether oxygens (including phenoxy) is 1.